The summed E-state index contributed by atoms with van der Waals surface area (Å²) in [6.07, 6.45) is 0. The van der Waals surface area contributed by atoms with Crippen LogP contribution in [0.25, 0.3) is 0 Å². The molecular weight excluding hydrogens is 135 g/mol. The molecule has 30 valence electrons. The first-order valence-corrected chi connectivity index (χ1v) is 1.73. The molecule has 4 heteroatoms. The third kappa shape index (κ3) is 10.3. The summed E-state index contributed by atoms with van der Waals surface area (Å²) in [5, 5.41) is 0. The van der Waals surface area contributed by atoms with Crippen LogP contribution < -0.4 is 4.86 Å². The summed E-state index contributed by atoms with van der Waals surface area (Å²) >= 11 is 0. The van der Waals surface area contributed by atoms with Gasteiger partial charge in [0.1, 0.15) is 0 Å². The molecule has 1 nitrogen and oxygen atoms in total. The molecule has 0 heterocycles. The van der Waals surface area contributed by atoms with Crippen molar-refractivity contribution in [1.82, 2.24) is 4.86 Å². The molecular formula is H5NNiP2. The van der Waals surface area contributed by atoms with Gasteiger partial charge in [-0.05, 0) is 0 Å². The van der Waals surface area contributed by atoms with E-state index >= 15 is 0 Å². The predicted molar refractivity (Wildman–Crippen MR) is 22.6 cm³/mol. The van der Waals surface area contributed by atoms with Crippen LogP contribution in [-0.2, 0) is 16.5 Å². The molecule has 0 saturated heterocycles. The van der Waals surface area contributed by atoms with E-state index in [1.165, 1.54) is 0 Å². The van der Waals surface area contributed by atoms with Crippen LogP contribution in [0.3, 0.4) is 0 Å². The first-order valence-electron chi connectivity index (χ1n) is 0.577. The van der Waals surface area contributed by atoms with Crippen molar-refractivity contribution in [3.05, 3.63) is 0 Å². The fourth-order valence-corrected chi connectivity index (χ4v) is 0. The van der Waals surface area contributed by atoms with E-state index in [2.05, 4.69) is 23.6 Å². The monoisotopic (exact) mass is 139 g/mol. The molecule has 4 heavy (non-hydrogen) atoms. The zero-order chi connectivity index (χ0) is 2.71. The average molecular weight is 140 g/mol. The number of hydrogen-bond acceptors (Lipinski definition) is 1. The topological polar surface area (TPSA) is 12.0 Å². The van der Waals surface area contributed by atoms with Crippen LogP contribution >= 0.6 is 18.8 Å². The molecule has 0 radical (unpaired) electrons. The summed E-state index contributed by atoms with van der Waals surface area (Å²) < 4.78 is 0. The molecule has 2 unspecified atom stereocenters. The van der Waals surface area contributed by atoms with Crippen molar-refractivity contribution in [2.24, 2.45) is 0 Å². The minimum Gasteiger partial charge on any atom is -0.285 e. The minimum absolute atomic E-state index is 0. The Morgan fingerprint density at radius 2 is 1.25 bits per heavy atom. The van der Waals surface area contributed by atoms with Crippen molar-refractivity contribution < 1.29 is 16.5 Å². The van der Waals surface area contributed by atoms with Gasteiger partial charge in [0.15, 0.2) is 0 Å². The Morgan fingerprint density at radius 3 is 1.25 bits per heavy atom. The SMILES string of the molecule is PNP.[Ni]. The molecule has 2 atom stereocenters. The van der Waals surface area contributed by atoms with Crippen LogP contribution in [-0.4, -0.2) is 0 Å². The molecule has 0 fully saturated rings. The van der Waals surface area contributed by atoms with E-state index < -0.39 is 0 Å². The van der Waals surface area contributed by atoms with Crippen LogP contribution in [0.1, 0.15) is 0 Å². The zero-order valence-corrected chi connectivity index (χ0v) is 5.27. The summed E-state index contributed by atoms with van der Waals surface area (Å²) in [4.78, 5) is 2.58. The van der Waals surface area contributed by atoms with Crippen molar-refractivity contribution >= 4 is 18.8 Å². The van der Waals surface area contributed by atoms with Crippen molar-refractivity contribution in [3.8, 4) is 0 Å². The quantitative estimate of drug-likeness (QED) is 0.372. The van der Waals surface area contributed by atoms with Gasteiger partial charge in [-0.2, -0.15) is 0 Å². The molecule has 0 rings (SSSR count). The molecule has 0 amide bonds. The van der Waals surface area contributed by atoms with Crippen LogP contribution in [0.5, 0.6) is 0 Å². The Bertz CT molecular complexity index is 6.00. The van der Waals surface area contributed by atoms with E-state index in [1.54, 1.807) is 0 Å². The van der Waals surface area contributed by atoms with Crippen LogP contribution in [0.4, 0.5) is 0 Å². The molecule has 0 spiro atoms. The molecule has 0 aromatic carbocycles. The number of rotatable bonds is 0. The van der Waals surface area contributed by atoms with Gasteiger partial charge in [-0.15, -0.1) is 0 Å². The summed E-state index contributed by atoms with van der Waals surface area (Å²) in [6, 6.07) is 0. The van der Waals surface area contributed by atoms with Gasteiger partial charge in [0.2, 0.25) is 0 Å². The van der Waals surface area contributed by atoms with Crippen molar-refractivity contribution in [2.75, 3.05) is 0 Å². The molecule has 0 saturated carbocycles. The fraction of sp³-hybridized carbons (Fsp3) is 0. The summed E-state index contributed by atoms with van der Waals surface area (Å²) in [7, 11) is 4.58. The molecule has 0 aliphatic heterocycles. The molecule has 0 aromatic heterocycles. The smallest absolute Gasteiger partial charge is 0 e. The van der Waals surface area contributed by atoms with Crippen molar-refractivity contribution in [2.45, 2.75) is 0 Å². The van der Waals surface area contributed by atoms with E-state index in [0.29, 0.717) is 0 Å². The second kappa shape index (κ2) is 8.85. The van der Waals surface area contributed by atoms with E-state index in [9.17, 15) is 0 Å². The maximum atomic E-state index is 2.58. The van der Waals surface area contributed by atoms with Gasteiger partial charge in [0.25, 0.3) is 0 Å². The molecule has 0 bridgehead atoms. The third-order valence-corrected chi connectivity index (χ3v) is 0. The fourth-order valence-electron chi connectivity index (χ4n) is 0. The van der Waals surface area contributed by atoms with Gasteiger partial charge in [-0.25, -0.2) is 0 Å². The second-order valence-electron chi connectivity index (χ2n) is 0.167. The van der Waals surface area contributed by atoms with Crippen LogP contribution in [0.2, 0.25) is 0 Å². The second-order valence-corrected chi connectivity index (χ2v) is 1.50. The average Bonchev–Trinajstić information content (AvgIpc) is 0.918. The molecule has 0 aliphatic rings. The maximum Gasteiger partial charge on any atom is 0 e. The van der Waals surface area contributed by atoms with E-state index in [-0.39, 0.29) is 16.5 Å². The zero-order valence-electron chi connectivity index (χ0n) is 1.97. The van der Waals surface area contributed by atoms with Gasteiger partial charge in [-0.3, -0.25) is 4.86 Å². The van der Waals surface area contributed by atoms with Crippen molar-refractivity contribution in [3.63, 3.8) is 0 Å². The van der Waals surface area contributed by atoms with Gasteiger partial charge >= 0.3 is 0 Å². The summed E-state index contributed by atoms with van der Waals surface area (Å²) in [5.41, 5.74) is 0. The number of hydrogen-bond donors (Lipinski definition) is 1. The Kier molecular flexibility index (Phi) is 19.9. The van der Waals surface area contributed by atoms with Gasteiger partial charge in [0, 0.05) is 16.5 Å². The largest absolute Gasteiger partial charge is 0.285 e. The molecule has 0 aromatic rings. The standard InChI is InChI=1S/H5NP2.Ni/c2-1-3;/h1H,2-3H2;. The summed E-state index contributed by atoms with van der Waals surface area (Å²) in [6.45, 7) is 0. The first kappa shape index (κ1) is 9.00. The summed E-state index contributed by atoms with van der Waals surface area (Å²) in [5.74, 6) is 0. The van der Waals surface area contributed by atoms with Gasteiger partial charge < -0.3 is 0 Å². The Labute approximate surface area is 40.7 Å². The normalized spacial score (nSPS) is 4.50. The number of nitrogens with one attached hydrogen (secondary N) is 1. The first-order chi connectivity index (χ1) is 1.41. The van der Waals surface area contributed by atoms with E-state index in [4.69, 9.17) is 0 Å². The predicted octanol–water partition coefficient (Wildman–Crippen LogP) is 0.154. The molecule has 1 N–H and O–H groups in total. The Morgan fingerprint density at radius 1 is 1.25 bits per heavy atom. The van der Waals surface area contributed by atoms with E-state index in [1.807, 2.05) is 0 Å². The van der Waals surface area contributed by atoms with Gasteiger partial charge in [-0.1, -0.05) is 18.8 Å². The minimum atomic E-state index is 0. The Hall–Kier alpha value is 1.31. The molecule has 0 aliphatic carbocycles. The van der Waals surface area contributed by atoms with E-state index in [0.717, 1.165) is 0 Å². The Balaban J connectivity index is 0. The maximum absolute atomic E-state index is 2.58. The van der Waals surface area contributed by atoms with Gasteiger partial charge in [0.05, 0.1) is 0 Å². The van der Waals surface area contributed by atoms with Crippen LogP contribution in [0.15, 0.2) is 0 Å². The van der Waals surface area contributed by atoms with Crippen molar-refractivity contribution in [1.29, 1.82) is 0 Å². The third-order valence-electron chi connectivity index (χ3n) is 0. The van der Waals surface area contributed by atoms with Crippen LogP contribution in [0, 0.1) is 0 Å².